The Morgan fingerprint density at radius 2 is 1.55 bits per heavy atom. The van der Waals surface area contributed by atoms with Crippen LogP contribution in [-0.4, -0.2) is 39.2 Å². The van der Waals surface area contributed by atoms with E-state index in [0.29, 0.717) is 11.3 Å². The third kappa shape index (κ3) is 6.23. The van der Waals surface area contributed by atoms with Gasteiger partial charge in [0.15, 0.2) is 12.4 Å². The number of Topliss-reactive ketones (excluding diaryl/α,β-unsaturated/α-hetero) is 1. The SMILES string of the molecule is CC(=O)c1ccc(S(=O)(=O)NCC(=O)OCC(=O)Nc2c(C)cccc2C)cc1. The topological polar surface area (TPSA) is 119 Å². The number of ketones is 1. The Labute approximate surface area is 169 Å². The van der Waals surface area contributed by atoms with Crippen LogP contribution in [-0.2, 0) is 24.3 Å². The van der Waals surface area contributed by atoms with Crippen LogP contribution in [0.2, 0.25) is 0 Å². The molecule has 0 aliphatic heterocycles. The van der Waals surface area contributed by atoms with Gasteiger partial charge in [0.25, 0.3) is 5.91 Å². The molecule has 0 unspecified atom stereocenters. The minimum atomic E-state index is -3.96. The van der Waals surface area contributed by atoms with Gasteiger partial charge in [0.2, 0.25) is 10.0 Å². The van der Waals surface area contributed by atoms with Gasteiger partial charge in [-0.05, 0) is 44.0 Å². The van der Waals surface area contributed by atoms with Crippen molar-refractivity contribution in [3.8, 4) is 0 Å². The van der Waals surface area contributed by atoms with Gasteiger partial charge in [-0.3, -0.25) is 14.4 Å². The van der Waals surface area contributed by atoms with Crippen molar-refractivity contribution in [1.82, 2.24) is 4.72 Å². The number of benzene rings is 2. The van der Waals surface area contributed by atoms with Crippen LogP contribution in [0.25, 0.3) is 0 Å². The molecule has 9 heteroatoms. The highest BCUT2D eigenvalue weighted by molar-refractivity contribution is 7.89. The largest absolute Gasteiger partial charge is 0.455 e. The van der Waals surface area contributed by atoms with Crippen LogP contribution in [0, 0.1) is 13.8 Å². The number of carbonyl (C=O) groups is 3. The average molecular weight is 418 g/mol. The highest BCUT2D eigenvalue weighted by Gasteiger charge is 2.17. The predicted octanol–water partition coefficient (Wildman–Crippen LogP) is 1.97. The second kappa shape index (κ2) is 9.44. The Bertz CT molecular complexity index is 1010. The number of anilines is 1. The first-order valence-electron chi connectivity index (χ1n) is 8.72. The maximum Gasteiger partial charge on any atom is 0.321 e. The first-order chi connectivity index (χ1) is 13.6. The number of hydrogen-bond donors (Lipinski definition) is 2. The van der Waals surface area contributed by atoms with Gasteiger partial charge < -0.3 is 10.1 Å². The number of rotatable bonds is 8. The molecule has 0 spiro atoms. The molecule has 2 aromatic carbocycles. The van der Waals surface area contributed by atoms with E-state index in [4.69, 9.17) is 4.74 Å². The Balaban J connectivity index is 1.86. The van der Waals surface area contributed by atoms with Crippen LogP contribution in [0.3, 0.4) is 0 Å². The number of carbonyl (C=O) groups excluding carboxylic acids is 3. The van der Waals surface area contributed by atoms with Gasteiger partial charge in [-0.2, -0.15) is 4.72 Å². The van der Waals surface area contributed by atoms with E-state index >= 15 is 0 Å². The second-order valence-electron chi connectivity index (χ2n) is 6.38. The predicted molar refractivity (Wildman–Crippen MR) is 107 cm³/mol. The molecular weight excluding hydrogens is 396 g/mol. The van der Waals surface area contributed by atoms with E-state index in [-0.39, 0.29) is 10.7 Å². The van der Waals surface area contributed by atoms with Crippen molar-refractivity contribution in [2.24, 2.45) is 0 Å². The van der Waals surface area contributed by atoms with Crippen LogP contribution >= 0.6 is 0 Å². The molecule has 0 aliphatic rings. The zero-order chi connectivity index (χ0) is 21.6. The fraction of sp³-hybridized carbons (Fsp3) is 0.250. The van der Waals surface area contributed by atoms with Gasteiger partial charge in [0.1, 0.15) is 6.54 Å². The van der Waals surface area contributed by atoms with Crippen LogP contribution in [0.15, 0.2) is 47.4 Å². The third-order valence-electron chi connectivity index (χ3n) is 4.09. The summed E-state index contributed by atoms with van der Waals surface area (Å²) in [4.78, 5) is 34.9. The van der Waals surface area contributed by atoms with E-state index in [1.165, 1.54) is 31.2 Å². The molecule has 154 valence electrons. The van der Waals surface area contributed by atoms with Crippen molar-refractivity contribution in [1.29, 1.82) is 0 Å². The highest BCUT2D eigenvalue weighted by atomic mass is 32.2. The lowest BCUT2D eigenvalue weighted by molar-refractivity contribution is -0.146. The number of sulfonamides is 1. The summed E-state index contributed by atoms with van der Waals surface area (Å²) in [6.07, 6.45) is 0. The Kier molecular flexibility index (Phi) is 7.24. The molecule has 0 atom stereocenters. The number of esters is 1. The van der Waals surface area contributed by atoms with Crippen LogP contribution in [0.4, 0.5) is 5.69 Å². The molecule has 0 fully saturated rings. The molecule has 1 amide bonds. The maximum atomic E-state index is 12.2. The smallest absolute Gasteiger partial charge is 0.321 e. The van der Waals surface area contributed by atoms with E-state index in [0.717, 1.165) is 11.1 Å². The van der Waals surface area contributed by atoms with Gasteiger partial charge in [0.05, 0.1) is 4.90 Å². The van der Waals surface area contributed by atoms with Gasteiger partial charge in [-0.25, -0.2) is 8.42 Å². The van der Waals surface area contributed by atoms with Crippen LogP contribution < -0.4 is 10.0 Å². The van der Waals surface area contributed by atoms with Gasteiger partial charge in [-0.15, -0.1) is 0 Å². The molecule has 2 N–H and O–H groups in total. The van der Waals surface area contributed by atoms with Gasteiger partial charge >= 0.3 is 5.97 Å². The van der Waals surface area contributed by atoms with Gasteiger partial charge in [-0.1, -0.05) is 30.3 Å². The number of nitrogens with one attached hydrogen (secondary N) is 2. The lowest BCUT2D eigenvalue weighted by Gasteiger charge is -2.12. The minimum Gasteiger partial charge on any atom is -0.455 e. The molecule has 0 bridgehead atoms. The summed E-state index contributed by atoms with van der Waals surface area (Å²) < 4.78 is 31.3. The Hall–Kier alpha value is -3.04. The van der Waals surface area contributed by atoms with E-state index < -0.39 is 35.1 Å². The summed E-state index contributed by atoms with van der Waals surface area (Å²) in [6, 6.07) is 10.8. The van der Waals surface area contributed by atoms with Crippen molar-refractivity contribution >= 4 is 33.4 Å². The number of ether oxygens (including phenoxy) is 1. The molecule has 2 rings (SSSR count). The maximum absolute atomic E-state index is 12.2. The molecule has 0 aromatic heterocycles. The molecule has 29 heavy (non-hydrogen) atoms. The van der Waals surface area contributed by atoms with Gasteiger partial charge in [0, 0.05) is 11.3 Å². The molecule has 0 aliphatic carbocycles. The van der Waals surface area contributed by atoms with Crippen molar-refractivity contribution in [2.75, 3.05) is 18.5 Å². The summed E-state index contributed by atoms with van der Waals surface area (Å²) in [6.45, 7) is 3.88. The second-order valence-corrected chi connectivity index (χ2v) is 8.15. The summed E-state index contributed by atoms with van der Waals surface area (Å²) in [7, 11) is -3.96. The normalized spacial score (nSPS) is 11.0. The van der Waals surface area contributed by atoms with Crippen molar-refractivity contribution < 1.29 is 27.5 Å². The highest BCUT2D eigenvalue weighted by Crippen LogP contribution is 2.19. The first kappa shape index (κ1) is 22.3. The Morgan fingerprint density at radius 3 is 2.10 bits per heavy atom. The molecular formula is C20H22N2O6S. The number of hydrogen-bond acceptors (Lipinski definition) is 6. The van der Waals surface area contributed by atoms with E-state index in [1.807, 2.05) is 32.0 Å². The van der Waals surface area contributed by atoms with Crippen LogP contribution in [0.1, 0.15) is 28.4 Å². The number of aryl methyl sites for hydroxylation is 2. The molecule has 0 saturated carbocycles. The fourth-order valence-electron chi connectivity index (χ4n) is 2.49. The quantitative estimate of drug-likeness (QED) is 0.500. The molecule has 2 aromatic rings. The van der Waals surface area contributed by atoms with E-state index in [9.17, 15) is 22.8 Å². The molecule has 0 heterocycles. The van der Waals surface area contributed by atoms with Crippen molar-refractivity contribution in [3.63, 3.8) is 0 Å². The van der Waals surface area contributed by atoms with E-state index in [1.54, 1.807) is 0 Å². The fourth-order valence-corrected chi connectivity index (χ4v) is 3.46. The van der Waals surface area contributed by atoms with E-state index in [2.05, 4.69) is 10.0 Å². The minimum absolute atomic E-state index is 0.0944. The van der Waals surface area contributed by atoms with Crippen molar-refractivity contribution in [3.05, 3.63) is 59.2 Å². The summed E-state index contributed by atoms with van der Waals surface area (Å²) >= 11 is 0. The summed E-state index contributed by atoms with van der Waals surface area (Å²) in [5, 5.41) is 2.66. The third-order valence-corrected chi connectivity index (χ3v) is 5.50. The van der Waals surface area contributed by atoms with Crippen molar-refractivity contribution in [2.45, 2.75) is 25.7 Å². The lowest BCUT2D eigenvalue weighted by Crippen LogP contribution is -2.32. The van der Waals surface area contributed by atoms with Crippen LogP contribution in [0.5, 0.6) is 0 Å². The molecule has 0 radical (unpaired) electrons. The zero-order valence-corrected chi connectivity index (χ0v) is 17.1. The average Bonchev–Trinajstić information content (AvgIpc) is 2.68. The standard InChI is InChI=1S/C20H22N2O6S/c1-13-5-4-6-14(2)20(13)22-18(24)12-28-19(25)11-21-29(26,27)17-9-7-16(8-10-17)15(3)23/h4-10,21H,11-12H2,1-3H3,(H,22,24). The molecule has 8 nitrogen and oxygen atoms in total. The summed E-state index contributed by atoms with van der Waals surface area (Å²) in [5.41, 5.74) is 2.75. The molecule has 0 saturated heterocycles. The zero-order valence-electron chi connectivity index (χ0n) is 16.3. The summed E-state index contributed by atoms with van der Waals surface area (Å²) in [5.74, 6) is -1.62. The number of para-hydroxylation sites is 1. The number of amides is 1. The first-order valence-corrected chi connectivity index (χ1v) is 10.2. The lowest BCUT2D eigenvalue weighted by atomic mass is 10.1. The Morgan fingerprint density at radius 1 is 0.966 bits per heavy atom. The monoisotopic (exact) mass is 418 g/mol.